The molecule has 0 spiro atoms. The molecule has 0 aliphatic carbocycles. The van der Waals surface area contributed by atoms with Gasteiger partial charge in [-0.05, 0) is 72.5 Å². The van der Waals surface area contributed by atoms with Gasteiger partial charge in [0.2, 0.25) is 0 Å². The van der Waals surface area contributed by atoms with Crippen LogP contribution in [-0.2, 0) is 27.7 Å². The Morgan fingerprint density at radius 1 is 1.06 bits per heavy atom. The molecule has 0 aromatic heterocycles. The molecule has 6 nitrogen and oxygen atoms in total. The Kier molecular flexibility index (Phi) is 7.57. The summed E-state index contributed by atoms with van der Waals surface area (Å²) in [5.41, 5.74) is 2.94. The van der Waals surface area contributed by atoms with Gasteiger partial charge in [-0.1, -0.05) is 33.8 Å². The number of amides is 2. The molecule has 1 N–H and O–H groups in total. The second-order valence-electron chi connectivity index (χ2n) is 9.48. The first-order valence-electron chi connectivity index (χ1n) is 11.2. The van der Waals surface area contributed by atoms with Crippen molar-refractivity contribution in [1.29, 1.82) is 0 Å². The van der Waals surface area contributed by atoms with Crippen molar-refractivity contribution in [1.82, 2.24) is 9.62 Å². The van der Waals surface area contributed by atoms with E-state index in [4.69, 9.17) is 0 Å². The fourth-order valence-electron chi connectivity index (χ4n) is 4.20. The van der Waals surface area contributed by atoms with E-state index >= 15 is 0 Å². The molecule has 1 aliphatic rings. The molecule has 0 saturated carbocycles. The fraction of sp³-hybridized carbons (Fsp3) is 0.440. The van der Waals surface area contributed by atoms with E-state index in [0.717, 1.165) is 5.56 Å². The Labute approximate surface area is 200 Å². The number of alkyl halides is 2. The largest absolute Gasteiger partial charge is 0.305 e. The number of hydrogen-bond acceptors (Lipinski definition) is 4. The Bertz CT molecular complexity index is 1220. The summed E-state index contributed by atoms with van der Waals surface area (Å²) < 4.78 is 46.8. The molecule has 2 amide bonds. The van der Waals surface area contributed by atoms with Gasteiger partial charge in [-0.2, -0.15) is 0 Å². The number of hydrogen-bond donors (Lipinski definition) is 1. The van der Waals surface area contributed by atoms with Crippen LogP contribution in [-0.4, -0.2) is 35.0 Å². The molecule has 2 aromatic rings. The molecule has 0 radical (unpaired) electrons. The average molecular weight is 492 g/mol. The third-order valence-electron chi connectivity index (χ3n) is 5.71. The van der Waals surface area contributed by atoms with E-state index in [2.05, 4.69) is 9.08 Å². The normalized spacial score (nSPS) is 17.6. The molecule has 1 unspecified atom stereocenters. The van der Waals surface area contributed by atoms with Crippen molar-refractivity contribution in [3.63, 3.8) is 0 Å². The zero-order chi connectivity index (χ0) is 25.4. The van der Waals surface area contributed by atoms with Gasteiger partial charge in [-0.3, -0.25) is 14.3 Å². The molecule has 2 aromatic carbocycles. The van der Waals surface area contributed by atoms with Crippen molar-refractivity contribution in [3.8, 4) is 0 Å². The second-order valence-corrected chi connectivity index (χ2v) is 11.4. The second kappa shape index (κ2) is 9.92. The van der Waals surface area contributed by atoms with Crippen molar-refractivity contribution in [2.45, 2.75) is 63.8 Å². The zero-order valence-corrected chi connectivity index (χ0v) is 21.1. The highest BCUT2D eigenvalue weighted by atomic mass is 32.2. The zero-order valence-electron chi connectivity index (χ0n) is 20.3. The number of rotatable bonds is 7. The molecule has 0 fully saturated rings. The predicted octanol–water partition coefficient (Wildman–Crippen LogP) is 5.19. The molecular weight excluding hydrogens is 460 g/mol. The van der Waals surface area contributed by atoms with E-state index in [-0.39, 0.29) is 34.3 Å². The monoisotopic (exact) mass is 491 g/mol. The number of nitrogens with zero attached hydrogens (tertiary/aromatic N) is 2. The minimum absolute atomic E-state index is 0.0861. The first kappa shape index (κ1) is 26.0. The smallest absolute Gasteiger partial charge is 0.265 e. The van der Waals surface area contributed by atoms with Gasteiger partial charge in [0.25, 0.3) is 18.2 Å². The molecule has 0 saturated heterocycles. The van der Waals surface area contributed by atoms with Crippen LogP contribution in [0, 0.1) is 0 Å². The number of benzene rings is 2. The molecule has 9 heteroatoms. The van der Waals surface area contributed by atoms with Crippen molar-refractivity contribution >= 4 is 21.7 Å². The predicted molar refractivity (Wildman–Crippen MR) is 128 cm³/mol. The topological polar surface area (TPSA) is 78.8 Å². The molecule has 3 rings (SSSR count). The number of carbonyl (C=O) groups excluding carboxylic acids is 2. The van der Waals surface area contributed by atoms with Crippen LogP contribution in [0.25, 0.3) is 0 Å². The maximum atomic E-state index is 13.5. The minimum atomic E-state index is -3.47. The summed E-state index contributed by atoms with van der Waals surface area (Å²) in [6.45, 7) is 8.10. The molecule has 0 bridgehead atoms. The molecule has 1 atom stereocenters. The number of halogens is 2. The van der Waals surface area contributed by atoms with Gasteiger partial charge in [0.1, 0.15) is 0 Å². The van der Waals surface area contributed by atoms with Crippen LogP contribution in [0.4, 0.5) is 8.78 Å². The average Bonchev–Trinajstić information content (AvgIpc) is 2.96. The highest BCUT2D eigenvalue weighted by molar-refractivity contribution is 7.93. The van der Waals surface area contributed by atoms with Crippen LogP contribution < -0.4 is 4.72 Å². The molecule has 184 valence electrons. The third-order valence-corrected chi connectivity index (χ3v) is 7.59. The minimum Gasteiger partial charge on any atom is -0.305 e. The molecular formula is C25H31F2N3O3S. The lowest BCUT2D eigenvalue weighted by Crippen LogP contribution is -2.22. The van der Waals surface area contributed by atoms with Gasteiger partial charge in [-0.15, -0.1) is 4.36 Å². The van der Waals surface area contributed by atoms with Gasteiger partial charge in [0.05, 0.1) is 16.9 Å². The van der Waals surface area contributed by atoms with E-state index in [9.17, 15) is 22.6 Å². The number of fused-ring (bicyclic) bond motifs is 1. The van der Waals surface area contributed by atoms with E-state index in [1.807, 2.05) is 46.7 Å². The van der Waals surface area contributed by atoms with Gasteiger partial charge >= 0.3 is 0 Å². The molecule has 34 heavy (non-hydrogen) atoms. The summed E-state index contributed by atoms with van der Waals surface area (Å²) in [6, 6.07) is 7.86. The van der Waals surface area contributed by atoms with Crippen LogP contribution in [0.2, 0.25) is 0 Å². The van der Waals surface area contributed by atoms with E-state index in [0.29, 0.717) is 23.2 Å². The van der Waals surface area contributed by atoms with E-state index < -0.39 is 28.2 Å². The van der Waals surface area contributed by atoms with Crippen LogP contribution in [0.3, 0.4) is 0 Å². The highest BCUT2D eigenvalue weighted by Crippen LogP contribution is 2.34. The lowest BCUT2D eigenvalue weighted by Gasteiger charge is -2.21. The Morgan fingerprint density at radius 3 is 2.15 bits per heavy atom. The summed E-state index contributed by atoms with van der Waals surface area (Å²) >= 11 is 0. The van der Waals surface area contributed by atoms with Crippen molar-refractivity contribution in [3.05, 3.63) is 63.7 Å². The van der Waals surface area contributed by atoms with Crippen LogP contribution in [0.1, 0.15) is 84.1 Å². The van der Waals surface area contributed by atoms with E-state index in [1.54, 1.807) is 18.2 Å². The number of nitrogens with one attached hydrogen (secondary N) is 1. The lowest BCUT2D eigenvalue weighted by atomic mass is 9.85. The first-order valence-corrected chi connectivity index (χ1v) is 12.7. The summed E-state index contributed by atoms with van der Waals surface area (Å²) in [5.74, 6) is -1.42. The summed E-state index contributed by atoms with van der Waals surface area (Å²) in [5, 5.41) is 0. The van der Waals surface area contributed by atoms with Crippen molar-refractivity contribution in [2.75, 3.05) is 14.1 Å². The van der Waals surface area contributed by atoms with E-state index in [1.165, 1.54) is 12.1 Å². The van der Waals surface area contributed by atoms with Crippen LogP contribution in [0.5, 0.6) is 0 Å². The van der Waals surface area contributed by atoms with Crippen molar-refractivity contribution in [2.24, 2.45) is 4.36 Å². The van der Waals surface area contributed by atoms with Gasteiger partial charge < -0.3 is 4.90 Å². The third kappa shape index (κ3) is 5.36. The summed E-state index contributed by atoms with van der Waals surface area (Å²) in [6.07, 6.45) is -2.81. The molecule has 1 aliphatic heterocycles. The van der Waals surface area contributed by atoms with Gasteiger partial charge in [0, 0.05) is 12.1 Å². The summed E-state index contributed by atoms with van der Waals surface area (Å²) in [4.78, 5) is 27.7. The maximum Gasteiger partial charge on any atom is 0.265 e. The quantitative estimate of drug-likeness (QED) is 0.578. The van der Waals surface area contributed by atoms with Crippen LogP contribution >= 0.6 is 0 Å². The fourth-order valence-corrected chi connectivity index (χ4v) is 5.86. The Morgan fingerprint density at radius 2 is 1.65 bits per heavy atom. The first-order chi connectivity index (χ1) is 15.8. The molecule has 1 heterocycles. The van der Waals surface area contributed by atoms with Crippen molar-refractivity contribution < 1.29 is 22.6 Å². The maximum absolute atomic E-state index is 13.5. The Balaban J connectivity index is 2.03. The standard InChI is InChI=1S/C25H31F2N3O3S/c1-14(2)18-10-17(24(26)27)11-19(15(3)4)20(18)12-23(31)28-34(33)22-8-7-16(13-30(5)6)9-21(22)25(32)29-34/h7-11,14-15,24H,12-13H2,1-6H3,(H,28,29,31,32,33). The van der Waals surface area contributed by atoms with Gasteiger partial charge in [-0.25, -0.2) is 13.0 Å². The highest BCUT2D eigenvalue weighted by Gasteiger charge is 2.32. The lowest BCUT2D eigenvalue weighted by molar-refractivity contribution is -0.117. The Hall–Kier alpha value is -2.65. The SMILES string of the molecule is CC(C)c1cc(C(F)F)cc(C(C)C)c1CC(=O)N=S1(=O)NC(=O)c2cc(CN(C)C)ccc21. The van der Waals surface area contributed by atoms with Crippen LogP contribution in [0.15, 0.2) is 39.6 Å². The summed E-state index contributed by atoms with van der Waals surface area (Å²) in [7, 11) is 0.324. The number of carbonyl (C=O) groups is 2. The van der Waals surface area contributed by atoms with Gasteiger partial charge in [0.15, 0.2) is 9.92 Å².